The number of aryl methyl sites for hydroxylation is 2. The van der Waals surface area contributed by atoms with E-state index >= 15 is 0 Å². The maximum absolute atomic E-state index is 11.8. The number of hydrogen-bond acceptors (Lipinski definition) is 10. The highest BCUT2D eigenvalue weighted by atomic mass is 35.5. The van der Waals surface area contributed by atoms with E-state index in [0.29, 0.717) is 35.1 Å². The summed E-state index contributed by atoms with van der Waals surface area (Å²) < 4.78 is 14.4. The molecule has 0 atom stereocenters. The Hall–Kier alpha value is -3.16. The fraction of sp³-hybridized carbons (Fsp3) is 0.640. The number of methoxy groups -OCH3 is 1. The Labute approximate surface area is 233 Å². The SMILES string of the molecule is COc1nn(CCCN2CCN(CCCNC(=O)OC(C)(C)C)CC2)cc1Nc1nc(Cl)nc2c1ncn2C. The summed E-state index contributed by atoms with van der Waals surface area (Å²) in [5, 5.41) is 10.8. The van der Waals surface area contributed by atoms with Crippen molar-refractivity contribution in [3.63, 3.8) is 0 Å². The van der Waals surface area contributed by atoms with Gasteiger partial charge in [-0.3, -0.25) is 4.68 Å². The first-order chi connectivity index (χ1) is 18.6. The number of halogens is 1. The Morgan fingerprint density at radius 1 is 1.08 bits per heavy atom. The number of carbonyl (C=O) groups is 1. The highest BCUT2D eigenvalue weighted by molar-refractivity contribution is 6.28. The second kappa shape index (κ2) is 12.8. The predicted molar refractivity (Wildman–Crippen MR) is 150 cm³/mol. The Morgan fingerprint density at radius 3 is 2.44 bits per heavy atom. The lowest BCUT2D eigenvalue weighted by atomic mass is 10.2. The van der Waals surface area contributed by atoms with Crippen LogP contribution < -0.4 is 15.4 Å². The van der Waals surface area contributed by atoms with Gasteiger partial charge in [0, 0.05) is 46.3 Å². The number of carbonyl (C=O) groups excluding carboxylic acids is 1. The average Bonchev–Trinajstić information content (AvgIpc) is 3.44. The van der Waals surface area contributed by atoms with Crippen LogP contribution in [0, 0.1) is 0 Å². The number of imidazole rings is 1. The summed E-state index contributed by atoms with van der Waals surface area (Å²) in [6.07, 6.45) is 5.10. The monoisotopic (exact) mass is 562 g/mol. The summed E-state index contributed by atoms with van der Waals surface area (Å²) in [5.74, 6) is 0.977. The maximum atomic E-state index is 11.8. The van der Waals surface area contributed by atoms with Gasteiger partial charge in [0.1, 0.15) is 11.3 Å². The quantitative estimate of drug-likeness (QED) is 0.266. The van der Waals surface area contributed by atoms with Gasteiger partial charge in [-0.2, -0.15) is 9.97 Å². The molecular formula is C25H39ClN10O3. The lowest BCUT2D eigenvalue weighted by molar-refractivity contribution is 0.0524. The molecule has 0 unspecified atom stereocenters. The van der Waals surface area contributed by atoms with Crippen molar-refractivity contribution in [1.29, 1.82) is 0 Å². The van der Waals surface area contributed by atoms with E-state index in [0.717, 1.165) is 58.7 Å². The molecule has 214 valence electrons. The molecule has 3 aromatic rings. The molecule has 1 aliphatic rings. The Morgan fingerprint density at radius 2 is 1.77 bits per heavy atom. The van der Waals surface area contributed by atoms with E-state index in [1.165, 1.54) is 0 Å². The molecule has 2 N–H and O–H groups in total. The zero-order valence-corrected chi connectivity index (χ0v) is 24.2. The lowest BCUT2D eigenvalue weighted by Gasteiger charge is -2.34. The topological polar surface area (TPSA) is 127 Å². The van der Waals surface area contributed by atoms with E-state index in [1.54, 1.807) is 18.0 Å². The molecule has 1 amide bonds. The third kappa shape index (κ3) is 8.16. The zero-order chi connectivity index (χ0) is 28.0. The largest absolute Gasteiger partial charge is 0.478 e. The van der Waals surface area contributed by atoms with Crippen LogP contribution in [0.25, 0.3) is 11.2 Å². The van der Waals surface area contributed by atoms with Crippen LogP contribution in [0.5, 0.6) is 5.88 Å². The number of hydrogen-bond donors (Lipinski definition) is 2. The summed E-state index contributed by atoms with van der Waals surface area (Å²) in [6.45, 7) is 13.1. The highest BCUT2D eigenvalue weighted by Crippen LogP contribution is 2.29. The number of piperazine rings is 1. The Balaban J connectivity index is 1.19. The normalized spacial score (nSPS) is 15.0. The molecule has 39 heavy (non-hydrogen) atoms. The second-order valence-corrected chi connectivity index (χ2v) is 11.0. The standard InChI is InChI=1S/C25H39ClN10O3/c1-25(2,3)39-24(37)27-8-6-9-34-12-14-35(15-13-34)10-7-11-36-16-18(22(32-36)38-5)29-20-19-21(31-23(26)30-20)33(4)17-28-19/h16-17H,6-15H2,1-5H3,(H,27,37)(H,29,30,31). The van der Waals surface area contributed by atoms with E-state index in [2.05, 4.69) is 40.5 Å². The summed E-state index contributed by atoms with van der Waals surface area (Å²) >= 11 is 6.13. The van der Waals surface area contributed by atoms with Crippen LogP contribution >= 0.6 is 11.6 Å². The van der Waals surface area contributed by atoms with Crippen molar-refractivity contribution < 1.29 is 14.3 Å². The van der Waals surface area contributed by atoms with Gasteiger partial charge in [0.15, 0.2) is 17.0 Å². The molecule has 0 aliphatic carbocycles. The van der Waals surface area contributed by atoms with Crippen molar-refractivity contribution in [3.05, 3.63) is 17.8 Å². The second-order valence-electron chi connectivity index (χ2n) is 10.6. The maximum Gasteiger partial charge on any atom is 0.407 e. The fourth-order valence-corrected chi connectivity index (χ4v) is 4.61. The number of fused-ring (bicyclic) bond motifs is 1. The van der Waals surface area contributed by atoms with E-state index in [4.69, 9.17) is 21.1 Å². The summed E-state index contributed by atoms with van der Waals surface area (Å²) in [5.41, 5.74) is 1.48. The Kier molecular flexibility index (Phi) is 9.46. The molecule has 0 aromatic carbocycles. The summed E-state index contributed by atoms with van der Waals surface area (Å²) in [7, 11) is 3.45. The molecule has 0 bridgehead atoms. The van der Waals surface area contributed by atoms with Crippen LogP contribution in [-0.4, -0.2) is 104 Å². The van der Waals surface area contributed by atoms with Crippen molar-refractivity contribution in [3.8, 4) is 5.88 Å². The molecule has 1 fully saturated rings. The van der Waals surface area contributed by atoms with Gasteiger partial charge in [-0.1, -0.05) is 0 Å². The van der Waals surface area contributed by atoms with Gasteiger partial charge >= 0.3 is 6.09 Å². The number of rotatable bonds is 11. The number of nitrogens with one attached hydrogen (secondary N) is 2. The van der Waals surface area contributed by atoms with Crippen molar-refractivity contribution >= 4 is 40.4 Å². The third-order valence-corrected chi connectivity index (χ3v) is 6.52. The van der Waals surface area contributed by atoms with Crippen LogP contribution in [0.4, 0.5) is 16.3 Å². The molecule has 4 heterocycles. The molecule has 0 spiro atoms. The fourth-order valence-electron chi connectivity index (χ4n) is 4.45. The first-order valence-electron chi connectivity index (χ1n) is 13.3. The number of anilines is 2. The van der Waals surface area contributed by atoms with E-state index in [1.807, 2.05) is 38.7 Å². The van der Waals surface area contributed by atoms with Gasteiger partial charge in [0.2, 0.25) is 5.28 Å². The molecule has 3 aromatic heterocycles. The van der Waals surface area contributed by atoms with Crippen LogP contribution in [-0.2, 0) is 18.3 Å². The number of aromatic nitrogens is 6. The van der Waals surface area contributed by atoms with Gasteiger partial charge in [-0.25, -0.2) is 9.78 Å². The molecule has 14 heteroatoms. The summed E-state index contributed by atoms with van der Waals surface area (Å²) in [4.78, 5) is 29.6. The zero-order valence-electron chi connectivity index (χ0n) is 23.4. The first kappa shape index (κ1) is 28.8. The number of nitrogens with zero attached hydrogens (tertiary/aromatic N) is 8. The van der Waals surface area contributed by atoms with Crippen molar-refractivity contribution in [2.24, 2.45) is 7.05 Å². The molecule has 0 radical (unpaired) electrons. The predicted octanol–water partition coefficient (Wildman–Crippen LogP) is 2.89. The van der Waals surface area contributed by atoms with Gasteiger partial charge in [-0.15, -0.1) is 5.10 Å². The van der Waals surface area contributed by atoms with Crippen LogP contribution in [0.15, 0.2) is 12.5 Å². The third-order valence-electron chi connectivity index (χ3n) is 6.35. The number of amides is 1. The average molecular weight is 563 g/mol. The molecule has 4 rings (SSSR count). The van der Waals surface area contributed by atoms with E-state index in [9.17, 15) is 4.79 Å². The minimum Gasteiger partial charge on any atom is -0.478 e. The van der Waals surface area contributed by atoms with Crippen molar-refractivity contribution in [2.45, 2.75) is 45.8 Å². The van der Waals surface area contributed by atoms with Crippen LogP contribution in [0.1, 0.15) is 33.6 Å². The molecule has 0 saturated carbocycles. The lowest BCUT2D eigenvalue weighted by Crippen LogP contribution is -2.47. The van der Waals surface area contributed by atoms with Gasteiger partial charge < -0.3 is 34.5 Å². The van der Waals surface area contributed by atoms with Gasteiger partial charge in [0.05, 0.1) is 19.6 Å². The number of ether oxygens (including phenoxy) is 2. The van der Waals surface area contributed by atoms with Crippen LogP contribution in [0.3, 0.4) is 0 Å². The minimum absolute atomic E-state index is 0.137. The smallest absolute Gasteiger partial charge is 0.407 e. The van der Waals surface area contributed by atoms with Crippen molar-refractivity contribution in [2.75, 3.05) is 58.2 Å². The molecule has 1 saturated heterocycles. The molecular weight excluding hydrogens is 524 g/mol. The van der Waals surface area contributed by atoms with E-state index in [-0.39, 0.29) is 11.4 Å². The first-order valence-corrected chi connectivity index (χ1v) is 13.6. The van der Waals surface area contributed by atoms with Gasteiger partial charge in [-0.05, 0) is 58.3 Å². The van der Waals surface area contributed by atoms with Crippen molar-refractivity contribution in [1.82, 2.24) is 44.4 Å². The molecule has 1 aliphatic heterocycles. The highest BCUT2D eigenvalue weighted by Gasteiger charge is 2.19. The minimum atomic E-state index is -0.470. The van der Waals surface area contributed by atoms with Crippen LogP contribution in [0.2, 0.25) is 5.28 Å². The summed E-state index contributed by atoms with van der Waals surface area (Å²) in [6, 6.07) is 0. The molecule has 13 nitrogen and oxygen atoms in total. The van der Waals surface area contributed by atoms with E-state index < -0.39 is 5.60 Å². The Bertz CT molecular complexity index is 1250. The number of alkyl carbamates (subject to hydrolysis) is 1. The van der Waals surface area contributed by atoms with Gasteiger partial charge in [0.25, 0.3) is 5.88 Å².